The topological polar surface area (TPSA) is 42.0 Å². The fraction of sp³-hybridized carbons (Fsp3) is 0.571. The highest BCUT2D eigenvalue weighted by Crippen LogP contribution is 2.33. The Labute approximate surface area is 113 Å². The summed E-state index contributed by atoms with van der Waals surface area (Å²) in [6, 6.07) is 3.54. The zero-order valence-corrected chi connectivity index (χ0v) is 11.4. The third-order valence-electron chi connectivity index (χ3n) is 3.79. The van der Waals surface area contributed by atoms with Gasteiger partial charge in [-0.2, -0.15) is 0 Å². The molecule has 18 heavy (non-hydrogen) atoms. The number of nitrogens with one attached hydrogen (secondary N) is 1. The number of carbonyl (C=O) groups is 1. The maximum Gasteiger partial charge on any atom is 0.253 e. The lowest BCUT2D eigenvalue weighted by molar-refractivity contribution is 0.0872. The fourth-order valence-corrected chi connectivity index (χ4v) is 2.75. The van der Waals surface area contributed by atoms with Crippen LogP contribution >= 0.6 is 11.6 Å². The molecule has 1 saturated carbocycles. The van der Waals surface area contributed by atoms with Crippen LogP contribution in [0.15, 0.2) is 24.5 Å². The van der Waals surface area contributed by atoms with Gasteiger partial charge >= 0.3 is 0 Å². The predicted octanol–water partition coefficient (Wildman–Crippen LogP) is 3.00. The summed E-state index contributed by atoms with van der Waals surface area (Å²) in [7, 11) is 0. The van der Waals surface area contributed by atoms with Gasteiger partial charge in [-0.1, -0.05) is 6.92 Å². The van der Waals surface area contributed by atoms with Gasteiger partial charge < -0.3 is 5.32 Å². The van der Waals surface area contributed by atoms with E-state index in [1.807, 2.05) is 0 Å². The number of hydrogen-bond donors (Lipinski definition) is 1. The summed E-state index contributed by atoms with van der Waals surface area (Å²) >= 11 is 6.09. The first kappa shape index (κ1) is 13.3. The van der Waals surface area contributed by atoms with Gasteiger partial charge in [0.05, 0.1) is 11.1 Å². The van der Waals surface area contributed by atoms with Crippen LogP contribution in [0.25, 0.3) is 0 Å². The number of rotatable bonds is 3. The van der Waals surface area contributed by atoms with Gasteiger partial charge in [-0.3, -0.25) is 9.78 Å². The van der Waals surface area contributed by atoms with E-state index in [1.165, 1.54) is 0 Å². The molecule has 1 fully saturated rings. The van der Waals surface area contributed by atoms with Crippen molar-refractivity contribution in [3.8, 4) is 0 Å². The van der Waals surface area contributed by atoms with E-state index in [0.717, 1.165) is 31.6 Å². The molecule has 0 saturated heterocycles. The number of amides is 1. The second-order valence-corrected chi connectivity index (χ2v) is 5.56. The molecule has 0 aliphatic heterocycles. The quantitative estimate of drug-likeness (QED) is 0.855. The molecule has 0 radical (unpaired) electrons. The lowest BCUT2D eigenvalue weighted by atomic mass is 9.78. The first-order valence-electron chi connectivity index (χ1n) is 6.44. The van der Waals surface area contributed by atoms with Gasteiger partial charge in [0.15, 0.2) is 0 Å². The number of nitrogens with zero attached hydrogens (tertiary/aromatic N) is 1. The lowest BCUT2D eigenvalue weighted by Gasteiger charge is -2.38. The van der Waals surface area contributed by atoms with Crippen molar-refractivity contribution in [2.45, 2.75) is 38.1 Å². The number of halogens is 1. The molecule has 98 valence electrons. The first-order valence-corrected chi connectivity index (χ1v) is 6.97. The van der Waals surface area contributed by atoms with Crippen LogP contribution in [-0.4, -0.2) is 22.3 Å². The van der Waals surface area contributed by atoms with E-state index in [9.17, 15) is 4.79 Å². The van der Waals surface area contributed by atoms with Crippen molar-refractivity contribution in [1.29, 1.82) is 0 Å². The van der Waals surface area contributed by atoms with Crippen molar-refractivity contribution in [3.63, 3.8) is 0 Å². The molecule has 1 heterocycles. The van der Waals surface area contributed by atoms with Crippen molar-refractivity contribution < 1.29 is 4.79 Å². The third-order valence-corrected chi connectivity index (χ3v) is 4.30. The van der Waals surface area contributed by atoms with Crippen LogP contribution in [-0.2, 0) is 0 Å². The summed E-state index contributed by atoms with van der Waals surface area (Å²) in [5.41, 5.74) is 0.363. The van der Waals surface area contributed by atoms with E-state index in [4.69, 9.17) is 11.6 Å². The number of hydrogen-bond acceptors (Lipinski definition) is 2. The Morgan fingerprint density at radius 3 is 2.83 bits per heavy atom. The van der Waals surface area contributed by atoms with Gasteiger partial charge in [0.1, 0.15) is 0 Å². The minimum Gasteiger partial charge on any atom is -0.345 e. The average Bonchev–Trinajstić information content (AvgIpc) is 2.43. The number of pyridine rings is 1. The van der Waals surface area contributed by atoms with E-state index in [-0.39, 0.29) is 11.4 Å². The van der Waals surface area contributed by atoms with Crippen molar-refractivity contribution in [3.05, 3.63) is 30.1 Å². The summed E-state index contributed by atoms with van der Waals surface area (Å²) in [6.07, 6.45) is 7.42. The molecule has 1 aromatic heterocycles. The Bertz CT molecular complexity index is 400. The van der Waals surface area contributed by atoms with Crippen LogP contribution in [0.1, 0.15) is 43.0 Å². The Morgan fingerprint density at radius 1 is 1.56 bits per heavy atom. The Hall–Kier alpha value is -1.09. The van der Waals surface area contributed by atoms with Gasteiger partial charge in [0.2, 0.25) is 0 Å². The summed E-state index contributed by atoms with van der Waals surface area (Å²) in [4.78, 5) is 16.1. The predicted molar refractivity (Wildman–Crippen MR) is 72.8 cm³/mol. The minimum atomic E-state index is -0.235. The highest BCUT2D eigenvalue weighted by Gasteiger charge is 2.34. The SMILES string of the molecule is CC1CCC(CCl)(NC(=O)c2cccnc2)CC1. The summed E-state index contributed by atoms with van der Waals surface area (Å²) in [5.74, 6) is 1.14. The van der Waals surface area contributed by atoms with Crippen molar-refractivity contribution in [1.82, 2.24) is 10.3 Å². The van der Waals surface area contributed by atoms with Crippen molar-refractivity contribution in [2.75, 3.05) is 5.88 Å². The maximum atomic E-state index is 12.1. The van der Waals surface area contributed by atoms with Crippen LogP contribution in [0.2, 0.25) is 0 Å². The smallest absolute Gasteiger partial charge is 0.253 e. The molecule has 1 aliphatic rings. The first-order chi connectivity index (χ1) is 8.65. The van der Waals surface area contributed by atoms with Gasteiger partial charge in [-0.15, -0.1) is 11.6 Å². The molecule has 0 atom stereocenters. The molecule has 1 N–H and O–H groups in total. The maximum absolute atomic E-state index is 12.1. The van der Waals surface area contributed by atoms with Crippen LogP contribution in [0.4, 0.5) is 0 Å². The molecule has 1 amide bonds. The molecule has 1 aliphatic carbocycles. The van der Waals surface area contributed by atoms with Crippen LogP contribution in [0.5, 0.6) is 0 Å². The normalized spacial score (nSPS) is 27.8. The zero-order chi connectivity index (χ0) is 13.0. The summed E-state index contributed by atoms with van der Waals surface area (Å²) in [5, 5.41) is 3.11. The molecule has 2 rings (SSSR count). The van der Waals surface area contributed by atoms with Crippen LogP contribution in [0, 0.1) is 5.92 Å². The number of alkyl halides is 1. The largest absolute Gasteiger partial charge is 0.345 e. The van der Waals surface area contributed by atoms with Crippen molar-refractivity contribution >= 4 is 17.5 Å². The molecule has 0 spiro atoms. The monoisotopic (exact) mass is 266 g/mol. The fourth-order valence-electron chi connectivity index (χ4n) is 2.42. The number of carbonyl (C=O) groups excluding carboxylic acids is 1. The van der Waals surface area contributed by atoms with Crippen molar-refractivity contribution in [2.24, 2.45) is 5.92 Å². The van der Waals surface area contributed by atoms with Gasteiger partial charge in [-0.05, 0) is 43.7 Å². The lowest BCUT2D eigenvalue weighted by Crippen LogP contribution is -2.52. The van der Waals surface area contributed by atoms with E-state index < -0.39 is 0 Å². The molecule has 3 nitrogen and oxygen atoms in total. The highest BCUT2D eigenvalue weighted by atomic mass is 35.5. The standard InChI is InChI=1S/C14H19ClN2O/c1-11-4-6-14(10-15,7-5-11)17-13(18)12-3-2-8-16-9-12/h2-3,8-9,11H,4-7,10H2,1H3,(H,17,18). The van der Waals surface area contributed by atoms with E-state index in [1.54, 1.807) is 24.5 Å². The Kier molecular flexibility index (Phi) is 4.23. The van der Waals surface area contributed by atoms with Gasteiger partial charge in [0.25, 0.3) is 5.91 Å². The molecule has 1 aromatic rings. The second-order valence-electron chi connectivity index (χ2n) is 5.29. The molecule has 4 heteroatoms. The highest BCUT2D eigenvalue weighted by molar-refractivity contribution is 6.19. The van der Waals surface area contributed by atoms with E-state index >= 15 is 0 Å². The molecule has 0 bridgehead atoms. The molecule has 0 aromatic carbocycles. The van der Waals surface area contributed by atoms with Gasteiger partial charge in [-0.25, -0.2) is 0 Å². The average molecular weight is 267 g/mol. The summed E-state index contributed by atoms with van der Waals surface area (Å²) < 4.78 is 0. The second kappa shape index (κ2) is 5.70. The van der Waals surface area contributed by atoms with E-state index in [0.29, 0.717) is 11.4 Å². The van der Waals surface area contributed by atoms with Crippen LogP contribution in [0.3, 0.4) is 0 Å². The molecular formula is C14H19ClN2O. The Morgan fingerprint density at radius 2 is 2.28 bits per heavy atom. The van der Waals surface area contributed by atoms with E-state index in [2.05, 4.69) is 17.2 Å². The molecule has 0 unspecified atom stereocenters. The summed E-state index contributed by atoms with van der Waals surface area (Å²) in [6.45, 7) is 2.25. The number of aromatic nitrogens is 1. The van der Waals surface area contributed by atoms with Crippen LogP contribution < -0.4 is 5.32 Å². The molecular weight excluding hydrogens is 248 g/mol. The van der Waals surface area contributed by atoms with Gasteiger partial charge in [0, 0.05) is 18.3 Å². The zero-order valence-electron chi connectivity index (χ0n) is 10.7. The minimum absolute atomic E-state index is 0.0710. The third kappa shape index (κ3) is 3.02. The Balaban J connectivity index is 2.05.